The number of hydrogen-bond donors (Lipinski definition) is 2. The van der Waals surface area contributed by atoms with E-state index in [-0.39, 0.29) is 23.4 Å². The van der Waals surface area contributed by atoms with Crippen molar-refractivity contribution >= 4 is 11.6 Å². The van der Waals surface area contributed by atoms with Gasteiger partial charge < -0.3 is 20.5 Å². The molecule has 1 aromatic rings. The SMILES string of the molecule is CN1CCC(C)(CNC(=O)Cn2cc(N)ccc2=O)CC1. The van der Waals surface area contributed by atoms with Gasteiger partial charge in [-0.15, -0.1) is 0 Å². The van der Waals surface area contributed by atoms with Crippen LogP contribution in [0.2, 0.25) is 0 Å². The maximum Gasteiger partial charge on any atom is 0.251 e. The highest BCUT2D eigenvalue weighted by atomic mass is 16.2. The summed E-state index contributed by atoms with van der Waals surface area (Å²) in [5.74, 6) is -0.150. The third-order valence-corrected chi connectivity index (χ3v) is 4.23. The highest BCUT2D eigenvalue weighted by Crippen LogP contribution is 2.29. The number of carbonyl (C=O) groups is 1. The smallest absolute Gasteiger partial charge is 0.251 e. The summed E-state index contributed by atoms with van der Waals surface area (Å²) in [6.07, 6.45) is 3.64. The zero-order chi connectivity index (χ0) is 15.5. The molecule has 21 heavy (non-hydrogen) atoms. The fourth-order valence-electron chi connectivity index (χ4n) is 2.53. The second-order valence-corrected chi connectivity index (χ2v) is 6.32. The number of carbonyl (C=O) groups excluding carboxylic acids is 1. The second-order valence-electron chi connectivity index (χ2n) is 6.32. The van der Waals surface area contributed by atoms with Gasteiger partial charge in [-0.2, -0.15) is 0 Å². The predicted molar refractivity (Wildman–Crippen MR) is 83.0 cm³/mol. The van der Waals surface area contributed by atoms with Crippen LogP contribution in [0.1, 0.15) is 19.8 Å². The number of piperidine rings is 1. The Hall–Kier alpha value is -1.82. The fourth-order valence-corrected chi connectivity index (χ4v) is 2.53. The lowest BCUT2D eigenvalue weighted by Gasteiger charge is -2.37. The summed E-state index contributed by atoms with van der Waals surface area (Å²) in [6, 6.07) is 2.91. The minimum Gasteiger partial charge on any atom is -0.398 e. The molecule has 6 nitrogen and oxygen atoms in total. The number of nitrogens with zero attached hydrogens (tertiary/aromatic N) is 2. The summed E-state index contributed by atoms with van der Waals surface area (Å²) in [7, 11) is 2.12. The highest BCUT2D eigenvalue weighted by Gasteiger charge is 2.29. The first kappa shape index (κ1) is 15.6. The average molecular weight is 292 g/mol. The van der Waals surface area contributed by atoms with Gasteiger partial charge >= 0.3 is 0 Å². The lowest BCUT2D eigenvalue weighted by molar-refractivity contribution is -0.122. The summed E-state index contributed by atoms with van der Waals surface area (Å²) in [5, 5.41) is 2.94. The average Bonchev–Trinajstić information content (AvgIpc) is 2.45. The van der Waals surface area contributed by atoms with Gasteiger partial charge in [-0.1, -0.05) is 6.92 Å². The van der Waals surface area contributed by atoms with Crippen LogP contribution in [0.4, 0.5) is 5.69 Å². The van der Waals surface area contributed by atoms with Crippen LogP contribution in [0.25, 0.3) is 0 Å². The van der Waals surface area contributed by atoms with Crippen molar-refractivity contribution in [1.82, 2.24) is 14.8 Å². The van der Waals surface area contributed by atoms with Gasteiger partial charge in [0.05, 0.1) is 0 Å². The minimum absolute atomic E-state index is 0.0137. The number of amides is 1. The van der Waals surface area contributed by atoms with Crippen LogP contribution < -0.4 is 16.6 Å². The van der Waals surface area contributed by atoms with Crippen LogP contribution >= 0.6 is 0 Å². The number of pyridine rings is 1. The van der Waals surface area contributed by atoms with Crippen LogP contribution in [0.15, 0.2) is 23.1 Å². The van der Waals surface area contributed by atoms with Gasteiger partial charge in [0, 0.05) is 24.5 Å². The standard InChI is InChI=1S/C15H24N4O2/c1-15(5-7-18(2)8-6-15)11-17-13(20)10-19-9-12(16)3-4-14(19)21/h3-4,9H,5-8,10-11,16H2,1-2H3,(H,17,20). The number of hydrogen-bond acceptors (Lipinski definition) is 4. The summed E-state index contributed by atoms with van der Waals surface area (Å²) < 4.78 is 1.33. The van der Waals surface area contributed by atoms with E-state index < -0.39 is 0 Å². The summed E-state index contributed by atoms with van der Waals surface area (Å²) in [5.41, 5.74) is 6.03. The van der Waals surface area contributed by atoms with Crippen LogP contribution in [-0.2, 0) is 11.3 Å². The molecule has 0 bridgehead atoms. The van der Waals surface area contributed by atoms with E-state index >= 15 is 0 Å². The molecule has 1 saturated heterocycles. The number of likely N-dealkylation sites (tertiary alicyclic amines) is 1. The quantitative estimate of drug-likeness (QED) is 0.835. The summed E-state index contributed by atoms with van der Waals surface area (Å²) in [6.45, 7) is 4.98. The maximum absolute atomic E-state index is 12.0. The molecule has 0 spiro atoms. The lowest BCUT2D eigenvalue weighted by Crippen LogP contribution is -2.44. The zero-order valence-electron chi connectivity index (χ0n) is 12.8. The molecule has 3 N–H and O–H groups in total. The Balaban J connectivity index is 1.87. The van der Waals surface area contributed by atoms with Crippen LogP contribution in [0, 0.1) is 5.41 Å². The zero-order valence-corrected chi connectivity index (χ0v) is 12.8. The molecule has 1 amide bonds. The van der Waals surface area contributed by atoms with Gasteiger partial charge in [0.25, 0.3) is 5.56 Å². The Labute approximate surface area is 124 Å². The van der Waals surface area contributed by atoms with Gasteiger partial charge in [-0.05, 0) is 44.5 Å². The van der Waals surface area contributed by atoms with E-state index in [1.807, 2.05) is 0 Å². The first-order valence-corrected chi connectivity index (χ1v) is 7.29. The van der Waals surface area contributed by atoms with Crippen molar-refractivity contribution < 1.29 is 4.79 Å². The van der Waals surface area contributed by atoms with Crippen LogP contribution in [0.5, 0.6) is 0 Å². The molecule has 0 aliphatic carbocycles. The van der Waals surface area contributed by atoms with Crippen molar-refractivity contribution in [3.05, 3.63) is 28.7 Å². The van der Waals surface area contributed by atoms with Crippen molar-refractivity contribution in [2.45, 2.75) is 26.3 Å². The van der Waals surface area contributed by atoms with E-state index in [9.17, 15) is 9.59 Å². The largest absolute Gasteiger partial charge is 0.398 e. The van der Waals surface area contributed by atoms with E-state index in [1.54, 1.807) is 0 Å². The van der Waals surface area contributed by atoms with Crippen molar-refractivity contribution in [3.63, 3.8) is 0 Å². The normalized spacial score (nSPS) is 18.4. The second kappa shape index (κ2) is 6.30. The molecule has 0 aromatic carbocycles. The van der Waals surface area contributed by atoms with Crippen molar-refractivity contribution in [2.24, 2.45) is 5.41 Å². The molecule has 6 heteroatoms. The Morgan fingerprint density at radius 2 is 2.05 bits per heavy atom. The summed E-state index contributed by atoms with van der Waals surface area (Å²) in [4.78, 5) is 25.9. The topological polar surface area (TPSA) is 80.4 Å². The molecule has 2 rings (SSSR count). The molecule has 116 valence electrons. The predicted octanol–water partition coefficient (Wildman–Crippen LogP) is 0.279. The Kier molecular flexibility index (Phi) is 4.67. The maximum atomic E-state index is 12.0. The molecule has 1 aliphatic heterocycles. The number of anilines is 1. The Morgan fingerprint density at radius 1 is 1.38 bits per heavy atom. The first-order valence-electron chi connectivity index (χ1n) is 7.29. The first-order chi connectivity index (χ1) is 9.88. The van der Waals surface area contributed by atoms with E-state index in [2.05, 4.69) is 24.2 Å². The van der Waals surface area contributed by atoms with Crippen molar-refractivity contribution in [3.8, 4) is 0 Å². The molecule has 2 heterocycles. The van der Waals surface area contributed by atoms with E-state index in [0.29, 0.717) is 12.2 Å². The van der Waals surface area contributed by atoms with Crippen LogP contribution in [-0.4, -0.2) is 42.1 Å². The number of nitrogen functional groups attached to an aromatic ring is 1. The number of rotatable bonds is 4. The summed E-state index contributed by atoms with van der Waals surface area (Å²) >= 11 is 0. The molecular formula is C15H24N4O2. The van der Waals surface area contributed by atoms with Gasteiger partial charge in [-0.25, -0.2) is 0 Å². The third kappa shape index (κ3) is 4.32. The molecule has 0 unspecified atom stereocenters. The van der Waals surface area contributed by atoms with Gasteiger partial charge in [0.2, 0.25) is 5.91 Å². The van der Waals surface area contributed by atoms with Crippen LogP contribution in [0.3, 0.4) is 0 Å². The van der Waals surface area contributed by atoms with Crippen molar-refractivity contribution in [1.29, 1.82) is 0 Å². The molecule has 0 atom stereocenters. The molecule has 0 radical (unpaired) electrons. The molecule has 0 saturated carbocycles. The molecule has 1 fully saturated rings. The molecule has 1 aromatic heterocycles. The number of nitrogens with one attached hydrogen (secondary N) is 1. The van der Waals surface area contributed by atoms with E-state index in [4.69, 9.17) is 5.73 Å². The minimum atomic E-state index is -0.218. The van der Waals surface area contributed by atoms with E-state index in [1.165, 1.54) is 22.9 Å². The monoisotopic (exact) mass is 292 g/mol. The van der Waals surface area contributed by atoms with Gasteiger partial charge in [0.1, 0.15) is 6.54 Å². The van der Waals surface area contributed by atoms with Gasteiger partial charge in [-0.3, -0.25) is 9.59 Å². The lowest BCUT2D eigenvalue weighted by atomic mass is 9.80. The fraction of sp³-hybridized carbons (Fsp3) is 0.600. The third-order valence-electron chi connectivity index (χ3n) is 4.23. The molecular weight excluding hydrogens is 268 g/mol. The number of aromatic nitrogens is 1. The number of nitrogens with two attached hydrogens (primary N) is 1. The highest BCUT2D eigenvalue weighted by molar-refractivity contribution is 5.75. The van der Waals surface area contributed by atoms with Gasteiger partial charge in [0.15, 0.2) is 0 Å². The molecule has 1 aliphatic rings. The Morgan fingerprint density at radius 3 is 2.71 bits per heavy atom. The van der Waals surface area contributed by atoms with Crippen molar-refractivity contribution in [2.75, 3.05) is 32.4 Å². The van der Waals surface area contributed by atoms with E-state index in [0.717, 1.165) is 25.9 Å². The Bertz CT molecular complexity index is 559.